The normalized spacial score (nSPS) is 26.3. The zero-order valence-corrected chi connectivity index (χ0v) is 16.6. The topological polar surface area (TPSA) is 29.1 Å². The summed E-state index contributed by atoms with van der Waals surface area (Å²) in [4.78, 5) is 12.8. The molecule has 0 spiro atoms. The molecule has 5 heteroatoms. The van der Waals surface area contributed by atoms with E-state index < -0.39 is 5.41 Å². The van der Waals surface area contributed by atoms with Gasteiger partial charge in [0.25, 0.3) is 0 Å². The first-order valence-corrected chi connectivity index (χ1v) is 10.4. The van der Waals surface area contributed by atoms with Crippen LogP contribution in [0, 0.1) is 5.41 Å². The number of halogens is 2. The molecule has 1 heterocycles. The van der Waals surface area contributed by atoms with Crippen LogP contribution in [0.1, 0.15) is 36.4 Å². The van der Waals surface area contributed by atoms with Crippen molar-refractivity contribution in [1.29, 1.82) is 0 Å². The van der Waals surface area contributed by atoms with Crippen LogP contribution in [0.2, 0.25) is 10.0 Å². The highest BCUT2D eigenvalue weighted by Gasteiger charge is 2.44. The fourth-order valence-electron chi connectivity index (χ4n) is 3.59. The lowest BCUT2D eigenvalue weighted by Gasteiger charge is -2.42. The SMILES string of the molecule is CSCC1(C)CC(c2cccc(Cl)c2)C(c2ccc(Cl)cc2)NC1=O. The molecule has 3 rings (SSSR count). The van der Waals surface area contributed by atoms with Gasteiger partial charge in [0.2, 0.25) is 5.91 Å². The van der Waals surface area contributed by atoms with E-state index in [9.17, 15) is 4.79 Å². The lowest BCUT2D eigenvalue weighted by Crippen LogP contribution is -2.50. The van der Waals surface area contributed by atoms with Crippen LogP contribution in [0.4, 0.5) is 0 Å². The maximum absolute atomic E-state index is 12.8. The molecule has 0 bridgehead atoms. The molecule has 0 aliphatic carbocycles. The molecule has 25 heavy (non-hydrogen) atoms. The molecule has 2 aromatic rings. The third kappa shape index (κ3) is 3.99. The quantitative estimate of drug-likeness (QED) is 0.720. The molecule has 1 N–H and O–H groups in total. The number of hydrogen-bond donors (Lipinski definition) is 1. The zero-order valence-electron chi connectivity index (χ0n) is 14.3. The van der Waals surface area contributed by atoms with E-state index >= 15 is 0 Å². The van der Waals surface area contributed by atoms with Crippen molar-refractivity contribution in [3.63, 3.8) is 0 Å². The monoisotopic (exact) mass is 393 g/mol. The summed E-state index contributed by atoms with van der Waals surface area (Å²) in [5, 5.41) is 4.67. The summed E-state index contributed by atoms with van der Waals surface area (Å²) >= 11 is 14.0. The van der Waals surface area contributed by atoms with Gasteiger partial charge in [0.05, 0.1) is 11.5 Å². The van der Waals surface area contributed by atoms with Gasteiger partial charge in [-0.05, 0) is 55.0 Å². The van der Waals surface area contributed by atoms with Gasteiger partial charge in [-0.25, -0.2) is 0 Å². The largest absolute Gasteiger partial charge is 0.348 e. The van der Waals surface area contributed by atoms with Gasteiger partial charge in [0.15, 0.2) is 0 Å². The molecule has 1 fully saturated rings. The van der Waals surface area contributed by atoms with Crippen LogP contribution in [0.5, 0.6) is 0 Å². The van der Waals surface area contributed by atoms with E-state index in [4.69, 9.17) is 23.2 Å². The molecule has 0 aromatic heterocycles. The Hall–Kier alpha value is -1.16. The lowest BCUT2D eigenvalue weighted by molar-refractivity contribution is -0.133. The van der Waals surface area contributed by atoms with E-state index in [2.05, 4.69) is 18.3 Å². The number of hydrogen-bond acceptors (Lipinski definition) is 2. The lowest BCUT2D eigenvalue weighted by atomic mass is 9.71. The van der Waals surface area contributed by atoms with Crippen LogP contribution in [0.25, 0.3) is 0 Å². The Morgan fingerprint density at radius 2 is 1.84 bits per heavy atom. The maximum atomic E-state index is 12.8. The Kier molecular flexibility index (Phi) is 5.67. The molecule has 132 valence electrons. The van der Waals surface area contributed by atoms with Gasteiger partial charge < -0.3 is 5.32 Å². The average Bonchev–Trinajstić information content (AvgIpc) is 2.58. The van der Waals surface area contributed by atoms with Gasteiger partial charge in [-0.2, -0.15) is 11.8 Å². The summed E-state index contributed by atoms with van der Waals surface area (Å²) in [6, 6.07) is 15.6. The fourth-order valence-corrected chi connectivity index (χ4v) is 4.80. The second-order valence-electron chi connectivity index (χ2n) is 6.86. The van der Waals surface area contributed by atoms with E-state index in [0.717, 1.165) is 28.3 Å². The highest BCUT2D eigenvalue weighted by atomic mass is 35.5. The second kappa shape index (κ2) is 7.61. The minimum atomic E-state index is -0.394. The van der Waals surface area contributed by atoms with Gasteiger partial charge in [-0.3, -0.25) is 4.79 Å². The molecular formula is C20H21Cl2NOS. The van der Waals surface area contributed by atoms with E-state index in [-0.39, 0.29) is 17.9 Å². The Balaban J connectivity index is 2.02. The smallest absolute Gasteiger partial charge is 0.227 e. The van der Waals surface area contributed by atoms with Crippen molar-refractivity contribution in [2.45, 2.75) is 25.3 Å². The number of nitrogens with one attached hydrogen (secondary N) is 1. The maximum Gasteiger partial charge on any atom is 0.227 e. The number of rotatable bonds is 4. The van der Waals surface area contributed by atoms with Crippen molar-refractivity contribution < 1.29 is 4.79 Å². The molecular weight excluding hydrogens is 373 g/mol. The van der Waals surface area contributed by atoms with E-state index in [1.807, 2.05) is 48.7 Å². The Bertz CT molecular complexity index is 765. The highest BCUT2D eigenvalue weighted by Crippen LogP contribution is 2.46. The second-order valence-corrected chi connectivity index (χ2v) is 8.60. The molecule has 3 unspecified atom stereocenters. The Morgan fingerprint density at radius 1 is 1.12 bits per heavy atom. The van der Waals surface area contributed by atoms with Crippen LogP contribution in [-0.2, 0) is 4.79 Å². The summed E-state index contributed by atoms with van der Waals surface area (Å²) in [6.07, 6.45) is 2.82. The van der Waals surface area contributed by atoms with Crippen molar-refractivity contribution in [2.24, 2.45) is 5.41 Å². The van der Waals surface area contributed by atoms with Crippen LogP contribution in [0.15, 0.2) is 48.5 Å². The number of amides is 1. The number of benzene rings is 2. The first kappa shape index (κ1) is 18.6. The number of carbonyl (C=O) groups is 1. The van der Waals surface area contributed by atoms with Crippen LogP contribution < -0.4 is 5.32 Å². The van der Waals surface area contributed by atoms with Crippen molar-refractivity contribution in [3.05, 3.63) is 69.7 Å². The molecule has 0 saturated carbocycles. The molecule has 0 radical (unpaired) electrons. The summed E-state index contributed by atoms with van der Waals surface area (Å²) in [7, 11) is 0. The standard InChI is InChI=1S/C20H21Cl2NOS/c1-20(12-25-2)11-17(14-4-3-5-16(22)10-14)18(23-19(20)24)13-6-8-15(21)9-7-13/h3-10,17-18H,11-12H2,1-2H3,(H,23,24). The molecule has 1 aliphatic heterocycles. The Labute approximate surface area is 163 Å². The summed E-state index contributed by atoms with van der Waals surface area (Å²) in [5.74, 6) is 1.07. The van der Waals surface area contributed by atoms with Gasteiger partial charge >= 0.3 is 0 Å². The van der Waals surface area contributed by atoms with Gasteiger partial charge in [0.1, 0.15) is 0 Å². The van der Waals surface area contributed by atoms with Crippen molar-refractivity contribution in [3.8, 4) is 0 Å². The minimum absolute atomic E-state index is 0.0850. The summed E-state index contributed by atoms with van der Waals surface area (Å²) in [5.41, 5.74) is 1.82. The van der Waals surface area contributed by atoms with Crippen LogP contribution in [-0.4, -0.2) is 17.9 Å². The molecule has 3 atom stereocenters. The molecule has 1 amide bonds. The Morgan fingerprint density at radius 3 is 2.48 bits per heavy atom. The highest BCUT2D eigenvalue weighted by molar-refractivity contribution is 7.98. The average molecular weight is 394 g/mol. The number of carbonyl (C=O) groups excluding carboxylic acids is 1. The van der Waals surface area contributed by atoms with Crippen LogP contribution >= 0.6 is 35.0 Å². The predicted molar refractivity (Wildman–Crippen MR) is 108 cm³/mol. The first-order valence-electron chi connectivity index (χ1n) is 8.24. The third-order valence-corrected chi connectivity index (χ3v) is 6.29. The number of thioether (sulfide) groups is 1. The molecule has 2 aromatic carbocycles. The van der Waals surface area contributed by atoms with Gasteiger partial charge in [-0.15, -0.1) is 0 Å². The molecule has 1 aliphatic rings. The fraction of sp³-hybridized carbons (Fsp3) is 0.350. The number of piperidine rings is 1. The van der Waals surface area contributed by atoms with Gasteiger partial charge in [0, 0.05) is 21.7 Å². The molecule has 2 nitrogen and oxygen atoms in total. The van der Waals surface area contributed by atoms with Gasteiger partial charge in [-0.1, -0.05) is 47.5 Å². The van der Waals surface area contributed by atoms with Crippen molar-refractivity contribution >= 4 is 40.9 Å². The minimum Gasteiger partial charge on any atom is -0.348 e. The summed E-state index contributed by atoms with van der Waals surface area (Å²) in [6.45, 7) is 2.05. The van der Waals surface area contributed by atoms with Crippen molar-refractivity contribution in [1.82, 2.24) is 5.32 Å². The van der Waals surface area contributed by atoms with E-state index in [1.165, 1.54) is 0 Å². The first-order chi connectivity index (χ1) is 11.9. The third-order valence-electron chi connectivity index (χ3n) is 4.88. The van der Waals surface area contributed by atoms with Crippen LogP contribution in [0.3, 0.4) is 0 Å². The molecule has 1 saturated heterocycles. The van der Waals surface area contributed by atoms with Crippen molar-refractivity contribution in [2.75, 3.05) is 12.0 Å². The van der Waals surface area contributed by atoms with E-state index in [1.54, 1.807) is 11.8 Å². The zero-order chi connectivity index (χ0) is 18.0. The predicted octanol–water partition coefficient (Wildman–Crippen LogP) is 5.71. The van der Waals surface area contributed by atoms with E-state index in [0.29, 0.717) is 5.02 Å². The summed E-state index contributed by atoms with van der Waals surface area (Å²) < 4.78 is 0.